The van der Waals surface area contributed by atoms with Crippen molar-refractivity contribution < 1.29 is 9.90 Å². The molecule has 0 atom stereocenters. The highest BCUT2D eigenvalue weighted by atomic mass is 32.1. The maximum absolute atomic E-state index is 11.7. The number of thiophene rings is 1. The van der Waals surface area contributed by atoms with Crippen LogP contribution >= 0.6 is 11.3 Å². The molecule has 2 aromatic heterocycles. The zero-order valence-corrected chi connectivity index (χ0v) is 12.1. The van der Waals surface area contributed by atoms with Crippen molar-refractivity contribution in [3.05, 3.63) is 37.8 Å². The van der Waals surface area contributed by atoms with E-state index in [9.17, 15) is 9.59 Å². The van der Waals surface area contributed by atoms with Crippen LogP contribution in [-0.4, -0.2) is 21.0 Å². The van der Waals surface area contributed by atoms with E-state index in [1.165, 1.54) is 11.3 Å². The Morgan fingerprint density at radius 2 is 2.00 bits per heavy atom. The minimum Gasteiger partial charge on any atom is -0.477 e. The van der Waals surface area contributed by atoms with Gasteiger partial charge in [-0.1, -0.05) is 0 Å². The first-order valence-corrected chi connectivity index (χ1v) is 7.25. The van der Waals surface area contributed by atoms with Crippen molar-refractivity contribution in [2.24, 2.45) is 0 Å². The molecule has 0 aromatic carbocycles. The van der Waals surface area contributed by atoms with E-state index in [0.717, 1.165) is 24.1 Å². The normalized spacial score (nSPS) is 10.7. The lowest BCUT2D eigenvalue weighted by molar-refractivity contribution is 0.0702. The monoisotopic (exact) mass is 308 g/mol. The molecule has 8 heteroatoms. The van der Waals surface area contributed by atoms with Crippen molar-refractivity contribution in [2.75, 3.05) is 11.5 Å². The van der Waals surface area contributed by atoms with Gasteiger partial charge in [0, 0.05) is 4.88 Å². The van der Waals surface area contributed by atoms with Gasteiger partial charge in [-0.2, -0.15) is 4.98 Å². The van der Waals surface area contributed by atoms with Crippen LogP contribution in [0.25, 0.3) is 0 Å². The lowest BCUT2D eigenvalue weighted by Crippen LogP contribution is -2.19. The lowest BCUT2D eigenvalue weighted by Gasteiger charge is -2.04. The first-order chi connectivity index (χ1) is 9.97. The third-order valence-electron chi connectivity index (χ3n) is 3.04. The third-order valence-corrected chi connectivity index (χ3v) is 4.17. The molecular weight excluding hydrogens is 292 g/mol. The number of nitrogens with two attached hydrogens (primary N) is 2. The van der Waals surface area contributed by atoms with Gasteiger partial charge in [0.2, 0.25) is 5.95 Å². The zero-order chi connectivity index (χ0) is 15.4. The van der Waals surface area contributed by atoms with Crippen molar-refractivity contribution in [3.8, 4) is 0 Å². The summed E-state index contributed by atoms with van der Waals surface area (Å²) < 4.78 is 0. The van der Waals surface area contributed by atoms with Gasteiger partial charge in [-0.15, -0.1) is 11.3 Å². The molecule has 2 heterocycles. The van der Waals surface area contributed by atoms with Gasteiger partial charge in [-0.05, 0) is 37.8 Å². The van der Waals surface area contributed by atoms with Gasteiger partial charge < -0.3 is 16.6 Å². The van der Waals surface area contributed by atoms with E-state index in [2.05, 4.69) is 9.97 Å². The largest absolute Gasteiger partial charge is 0.477 e. The number of H-pyrrole nitrogens is 1. The number of carboxylic acid groups (broad SMARTS) is 1. The molecule has 0 bridgehead atoms. The molecule has 7 nitrogen and oxygen atoms in total. The fourth-order valence-corrected chi connectivity index (χ4v) is 2.89. The van der Waals surface area contributed by atoms with Crippen LogP contribution in [0.15, 0.2) is 16.9 Å². The first-order valence-electron chi connectivity index (χ1n) is 6.43. The standard InChI is InChI=1S/C13H16N4O3S/c14-10-8(11(18)17-13(15)16-10)4-2-1-3-7-5-6-9(21-7)12(19)20/h5-6H,1-4H2,(H,19,20)(H5,14,15,16,17,18). The summed E-state index contributed by atoms with van der Waals surface area (Å²) in [7, 11) is 0. The molecule has 0 aliphatic heterocycles. The van der Waals surface area contributed by atoms with Crippen LogP contribution in [0.5, 0.6) is 0 Å². The second-order valence-electron chi connectivity index (χ2n) is 4.59. The summed E-state index contributed by atoms with van der Waals surface area (Å²) >= 11 is 1.27. The Labute approximate surface area is 124 Å². The average molecular weight is 308 g/mol. The number of carboxylic acids is 1. The Morgan fingerprint density at radius 1 is 1.29 bits per heavy atom. The molecular formula is C13H16N4O3S. The maximum Gasteiger partial charge on any atom is 0.345 e. The Hall–Kier alpha value is -2.35. The number of aromatic amines is 1. The maximum atomic E-state index is 11.7. The number of aromatic carboxylic acids is 1. The van der Waals surface area contributed by atoms with E-state index in [4.69, 9.17) is 16.6 Å². The van der Waals surface area contributed by atoms with Crippen LogP contribution in [0.2, 0.25) is 0 Å². The Bertz CT molecular complexity index is 708. The number of nitrogen functional groups attached to an aromatic ring is 2. The molecule has 0 aliphatic carbocycles. The minimum atomic E-state index is -0.904. The highest BCUT2D eigenvalue weighted by Crippen LogP contribution is 2.19. The van der Waals surface area contributed by atoms with Gasteiger partial charge in [-0.25, -0.2) is 4.79 Å². The zero-order valence-electron chi connectivity index (χ0n) is 11.3. The SMILES string of the molecule is Nc1nc(N)c(CCCCc2ccc(C(=O)O)s2)c(=O)[nH]1. The fourth-order valence-electron chi connectivity index (χ4n) is 2.00. The van der Waals surface area contributed by atoms with Crippen molar-refractivity contribution in [3.63, 3.8) is 0 Å². The number of hydrogen-bond donors (Lipinski definition) is 4. The second-order valence-corrected chi connectivity index (χ2v) is 5.76. The van der Waals surface area contributed by atoms with Gasteiger partial charge in [0.1, 0.15) is 10.7 Å². The Balaban J connectivity index is 1.87. The number of aryl methyl sites for hydroxylation is 1. The Kier molecular flexibility index (Phi) is 4.59. The molecule has 0 spiro atoms. The molecule has 0 fully saturated rings. The lowest BCUT2D eigenvalue weighted by atomic mass is 10.1. The number of rotatable bonds is 6. The molecule has 112 valence electrons. The van der Waals surface area contributed by atoms with Gasteiger partial charge in [0.15, 0.2) is 0 Å². The number of nitrogens with one attached hydrogen (secondary N) is 1. The van der Waals surface area contributed by atoms with Gasteiger partial charge in [-0.3, -0.25) is 9.78 Å². The molecule has 0 unspecified atom stereocenters. The van der Waals surface area contributed by atoms with Crippen LogP contribution in [0.4, 0.5) is 11.8 Å². The van der Waals surface area contributed by atoms with E-state index in [-0.39, 0.29) is 17.3 Å². The molecule has 0 saturated carbocycles. The van der Waals surface area contributed by atoms with E-state index < -0.39 is 5.97 Å². The highest BCUT2D eigenvalue weighted by molar-refractivity contribution is 7.13. The van der Waals surface area contributed by atoms with Crippen LogP contribution < -0.4 is 17.0 Å². The molecule has 2 rings (SSSR count). The predicted octanol–water partition coefficient (Wildman–Crippen LogP) is 1.26. The summed E-state index contributed by atoms with van der Waals surface area (Å²) in [5, 5.41) is 8.84. The number of aromatic nitrogens is 2. The highest BCUT2D eigenvalue weighted by Gasteiger charge is 2.09. The molecule has 0 radical (unpaired) electrons. The molecule has 0 amide bonds. The molecule has 6 N–H and O–H groups in total. The van der Waals surface area contributed by atoms with Crippen LogP contribution in [0.1, 0.15) is 33.0 Å². The number of hydrogen-bond acceptors (Lipinski definition) is 6. The number of unbranched alkanes of at least 4 members (excludes halogenated alkanes) is 1. The summed E-state index contributed by atoms with van der Waals surface area (Å²) in [5.74, 6) is -0.722. The Morgan fingerprint density at radius 3 is 2.62 bits per heavy atom. The van der Waals surface area contributed by atoms with Gasteiger partial charge >= 0.3 is 5.97 Å². The van der Waals surface area contributed by atoms with E-state index in [1.54, 1.807) is 6.07 Å². The summed E-state index contributed by atoms with van der Waals surface area (Å²) in [6.07, 6.45) is 2.89. The van der Waals surface area contributed by atoms with E-state index in [0.29, 0.717) is 16.9 Å². The summed E-state index contributed by atoms with van der Waals surface area (Å²) in [5.41, 5.74) is 11.2. The van der Waals surface area contributed by atoms with Crippen molar-refractivity contribution in [2.45, 2.75) is 25.7 Å². The summed E-state index contributed by atoms with van der Waals surface area (Å²) in [6.45, 7) is 0. The van der Waals surface area contributed by atoms with Crippen molar-refractivity contribution in [1.82, 2.24) is 9.97 Å². The average Bonchev–Trinajstić information content (AvgIpc) is 2.85. The molecule has 2 aromatic rings. The quantitative estimate of drug-likeness (QED) is 0.593. The van der Waals surface area contributed by atoms with E-state index in [1.807, 2.05) is 6.07 Å². The number of nitrogens with zero attached hydrogens (tertiary/aromatic N) is 1. The summed E-state index contributed by atoms with van der Waals surface area (Å²) in [4.78, 5) is 30.1. The third kappa shape index (κ3) is 3.82. The fraction of sp³-hybridized carbons (Fsp3) is 0.308. The molecule has 0 aliphatic rings. The van der Waals surface area contributed by atoms with Crippen LogP contribution in [0.3, 0.4) is 0 Å². The van der Waals surface area contributed by atoms with Crippen molar-refractivity contribution in [1.29, 1.82) is 0 Å². The van der Waals surface area contributed by atoms with Crippen molar-refractivity contribution >= 4 is 29.1 Å². The summed E-state index contributed by atoms with van der Waals surface area (Å²) in [6, 6.07) is 3.43. The van der Waals surface area contributed by atoms with Gasteiger partial charge in [0.25, 0.3) is 5.56 Å². The molecule has 0 saturated heterocycles. The van der Waals surface area contributed by atoms with E-state index >= 15 is 0 Å². The molecule has 21 heavy (non-hydrogen) atoms. The van der Waals surface area contributed by atoms with Crippen LogP contribution in [-0.2, 0) is 12.8 Å². The number of anilines is 2. The van der Waals surface area contributed by atoms with Gasteiger partial charge in [0.05, 0.1) is 5.56 Å². The number of carbonyl (C=O) groups is 1. The van der Waals surface area contributed by atoms with Crippen LogP contribution in [0, 0.1) is 0 Å². The topological polar surface area (TPSA) is 135 Å². The second kappa shape index (κ2) is 6.40. The predicted molar refractivity (Wildman–Crippen MR) is 81.6 cm³/mol. The minimum absolute atomic E-state index is 0.0148. The first kappa shape index (κ1) is 15.0. The smallest absolute Gasteiger partial charge is 0.345 e.